The molecule has 1 amide bonds. The van der Waals surface area contributed by atoms with Gasteiger partial charge in [0.1, 0.15) is 0 Å². The number of allylic oxidation sites excluding steroid dienone is 1. The molecular weight excluding hydrogens is 244 g/mol. The van der Waals surface area contributed by atoms with Gasteiger partial charge in [-0.15, -0.1) is 0 Å². The van der Waals surface area contributed by atoms with E-state index >= 15 is 0 Å². The van der Waals surface area contributed by atoms with Crippen LogP contribution < -0.4 is 11.1 Å². The van der Waals surface area contributed by atoms with Crippen LogP contribution in [0.15, 0.2) is 11.6 Å². The second-order valence-corrected chi connectivity index (χ2v) is 6.68. The van der Waals surface area contributed by atoms with E-state index in [9.17, 15) is 4.79 Å². The molecule has 4 heteroatoms. The van der Waals surface area contributed by atoms with Gasteiger partial charge in [-0.05, 0) is 46.0 Å². The summed E-state index contributed by atoms with van der Waals surface area (Å²) >= 11 is 1.60. The minimum Gasteiger partial charge on any atom is -0.355 e. The number of amides is 1. The summed E-state index contributed by atoms with van der Waals surface area (Å²) in [6.45, 7) is 4.73. The first-order chi connectivity index (χ1) is 8.47. The topological polar surface area (TPSA) is 55.1 Å². The van der Waals surface area contributed by atoms with Crippen LogP contribution in [0.3, 0.4) is 0 Å². The molecule has 3 nitrogen and oxygen atoms in total. The molecule has 0 heterocycles. The first kappa shape index (κ1) is 15.6. The normalized spacial score (nSPS) is 16.3. The second-order valence-electron chi connectivity index (χ2n) is 5.69. The van der Waals surface area contributed by atoms with Crippen LogP contribution in [0.25, 0.3) is 0 Å². The number of thioether (sulfide) groups is 1. The zero-order valence-electron chi connectivity index (χ0n) is 11.6. The predicted molar refractivity (Wildman–Crippen MR) is 79.8 cm³/mol. The van der Waals surface area contributed by atoms with Crippen molar-refractivity contribution in [2.24, 2.45) is 5.73 Å². The smallest absolute Gasteiger partial charge is 0.230 e. The molecule has 1 aliphatic carbocycles. The van der Waals surface area contributed by atoms with Gasteiger partial charge in [-0.25, -0.2) is 0 Å². The third-order valence-corrected chi connectivity index (χ3v) is 4.27. The molecule has 0 saturated carbocycles. The summed E-state index contributed by atoms with van der Waals surface area (Å²) in [5, 5.41) is 2.97. The lowest BCUT2D eigenvalue weighted by Crippen LogP contribution is -2.35. The van der Waals surface area contributed by atoms with Crippen molar-refractivity contribution in [2.75, 3.05) is 18.1 Å². The van der Waals surface area contributed by atoms with Crippen molar-refractivity contribution in [3.05, 3.63) is 11.6 Å². The van der Waals surface area contributed by atoms with Crippen molar-refractivity contribution in [1.82, 2.24) is 5.32 Å². The molecule has 0 saturated heterocycles. The Morgan fingerprint density at radius 2 is 2.28 bits per heavy atom. The van der Waals surface area contributed by atoms with Crippen LogP contribution in [0.4, 0.5) is 0 Å². The highest BCUT2D eigenvalue weighted by Gasteiger charge is 2.11. The molecule has 1 rings (SSSR count). The van der Waals surface area contributed by atoms with E-state index in [-0.39, 0.29) is 11.4 Å². The average Bonchev–Trinajstić information content (AvgIpc) is 2.28. The molecule has 18 heavy (non-hydrogen) atoms. The SMILES string of the molecule is CC(C)(N)CSCC(=O)NCCC1=CCCCC1. The fraction of sp³-hybridized carbons (Fsp3) is 0.786. The molecular formula is C14H26N2OS. The van der Waals surface area contributed by atoms with E-state index in [2.05, 4.69) is 11.4 Å². The number of hydrogen-bond acceptors (Lipinski definition) is 3. The van der Waals surface area contributed by atoms with Crippen LogP contribution >= 0.6 is 11.8 Å². The largest absolute Gasteiger partial charge is 0.355 e. The third-order valence-electron chi connectivity index (χ3n) is 2.86. The number of carbonyl (C=O) groups is 1. The molecule has 0 radical (unpaired) electrons. The van der Waals surface area contributed by atoms with E-state index in [1.54, 1.807) is 11.8 Å². The molecule has 104 valence electrons. The third kappa shape index (κ3) is 7.77. The highest BCUT2D eigenvalue weighted by molar-refractivity contribution is 8.00. The first-order valence-corrected chi connectivity index (χ1v) is 7.94. The van der Waals surface area contributed by atoms with Crippen molar-refractivity contribution < 1.29 is 4.79 Å². The zero-order valence-corrected chi connectivity index (χ0v) is 12.4. The molecule has 0 aromatic rings. The molecule has 3 N–H and O–H groups in total. The molecule has 0 unspecified atom stereocenters. The lowest BCUT2D eigenvalue weighted by Gasteiger charge is -2.17. The quantitative estimate of drug-likeness (QED) is 0.699. The van der Waals surface area contributed by atoms with Crippen molar-refractivity contribution in [3.8, 4) is 0 Å². The number of carbonyl (C=O) groups excluding carboxylic acids is 1. The number of rotatable bonds is 7. The van der Waals surface area contributed by atoms with E-state index < -0.39 is 0 Å². The van der Waals surface area contributed by atoms with Crippen molar-refractivity contribution in [2.45, 2.75) is 51.5 Å². The Hall–Kier alpha value is -0.480. The van der Waals surface area contributed by atoms with Crippen LogP contribution in [-0.2, 0) is 4.79 Å². The van der Waals surface area contributed by atoms with E-state index in [1.807, 2.05) is 13.8 Å². The van der Waals surface area contributed by atoms with Gasteiger partial charge in [0.25, 0.3) is 0 Å². The van der Waals surface area contributed by atoms with E-state index in [1.165, 1.54) is 31.3 Å². The van der Waals surface area contributed by atoms with Gasteiger partial charge < -0.3 is 11.1 Å². The first-order valence-electron chi connectivity index (χ1n) is 6.78. The summed E-state index contributed by atoms with van der Waals surface area (Å²) in [5.74, 6) is 1.45. The zero-order chi connectivity index (χ0) is 13.4. The summed E-state index contributed by atoms with van der Waals surface area (Å²) in [5.41, 5.74) is 7.17. The van der Waals surface area contributed by atoms with E-state index in [0.29, 0.717) is 5.75 Å². The fourth-order valence-electron chi connectivity index (χ4n) is 1.95. The molecule has 1 aliphatic rings. The van der Waals surface area contributed by atoms with Gasteiger partial charge in [0.15, 0.2) is 0 Å². The molecule has 0 bridgehead atoms. The minimum absolute atomic E-state index is 0.126. The van der Waals surface area contributed by atoms with Gasteiger partial charge in [-0.1, -0.05) is 11.6 Å². The molecule has 0 aromatic heterocycles. The lowest BCUT2D eigenvalue weighted by atomic mass is 9.97. The van der Waals surface area contributed by atoms with Gasteiger partial charge >= 0.3 is 0 Å². The second kappa shape index (κ2) is 7.85. The van der Waals surface area contributed by atoms with Crippen molar-refractivity contribution in [1.29, 1.82) is 0 Å². The summed E-state index contributed by atoms with van der Waals surface area (Å²) < 4.78 is 0. The summed E-state index contributed by atoms with van der Waals surface area (Å²) in [4.78, 5) is 11.6. The van der Waals surface area contributed by atoms with Gasteiger partial charge in [0.05, 0.1) is 5.75 Å². The fourth-order valence-corrected chi connectivity index (χ4v) is 2.87. The number of nitrogens with two attached hydrogens (primary N) is 1. The summed E-state index contributed by atoms with van der Waals surface area (Å²) in [7, 11) is 0. The number of nitrogens with one attached hydrogen (secondary N) is 1. The monoisotopic (exact) mass is 270 g/mol. The van der Waals surface area contributed by atoms with Crippen molar-refractivity contribution >= 4 is 17.7 Å². The molecule has 0 aliphatic heterocycles. The van der Waals surface area contributed by atoms with Crippen LogP contribution in [0.2, 0.25) is 0 Å². The standard InChI is InChI=1S/C14H26N2OS/c1-14(2,15)11-18-10-13(17)16-9-8-12-6-4-3-5-7-12/h6H,3-5,7-11,15H2,1-2H3,(H,16,17). The lowest BCUT2D eigenvalue weighted by molar-refractivity contribution is -0.118. The van der Waals surface area contributed by atoms with Crippen LogP contribution in [0, 0.1) is 0 Å². The van der Waals surface area contributed by atoms with E-state index in [0.717, 1.165) is 18.7 Å². The summed E-state index contributed by atoms with van der Waals surface area (Å²) in [6, 6.07) is 0. The van der Waals surface area contributed by atoms with Crippen LogP contribution in [0.1, 0.15) is 46.0 Å². The number of hydrogen-bond donors (Lipinski definition) is 2. The Morgan fingerprint density at radius 1 is 1.50 bits per heavy atom. The average molecular weight is 270 g/mol. The van der Waals surface area contributed by atoms with Gasteiger partial charge in [0.2, 0.25) is 5.91 Å². The molecule has 0 atom stereocenters. The summed E-state index contributed by atoms with van der Waals surface area (Å²) in [6.07, 6.45) is 8.40. The predicted octanol–water partition coefficient (Wildman–Crippen LogP) is 2.46. The maximum atomic E-state index is 11.6. The Labute approximate surface area is 115 Å². The molecule has 0 spiro atoms. The molecule has 0 aromatic carbocycles. The maximum Gasteiger partial charge on any atom is 0.230 e. The minimum atomic E-state index is -0.197. The van der Waals surface area contributed by atoms with Crippen molar-refractivity contribution in [3.63, 3.8) is 0 Å². The van der Waals surface area contributed by atoms with Gasteiger partial charge in [0, 0.05) is 17.8 Å². The Morgan fingerprint density at radius 3 is 2.89 bits per heavy atom. The maximum absolute atomic E-state index is 11.6. The van der Waals surface area contributed by atoms with E-state index in [4.69, 9.17) is 5.73 Å². The van der Waals surface area contributed by atoms with Crippen LogP contribution in [-0.4, -0.2) is 29.5 Å². The Kier molecular flexibility index (Phi) is 6.79. The highest BCUT2D eigenvalue weighted by atomic mass is 32.2. The van der Waals surface area contributed by atoms with Crippen LogP contribution in [0.5, 0.6) is 0 Å². The van der Waals surface area contributed by atoms with Gasteiger partial charge in [-0.3, -0.25) is 4.79 Å². The molecule has 0 fully saturated rings. The Bertz CT molecular complexity index is 295. The Balaban J connectivity index is 2.04. The highest BCUT2D eigenvalue weighted by Crippen LogP contribution is 2.19. The van der Waals surface area contributed by atoms with Gasteiger partial charge in [-0.2, -0.15) is 11.8 Å².